The van der Waals surface area contributed by atoms with Crippen molar-refractivity contribution in [2.75, 3.05) is 13.1 Å². The Balaban J connectivity index is 1.50. The van der Waals surface area contributed by atoms with Crippen LogP contribution in [0.4, 0.5) is 0 Å². The molecule has 1 atom stereocenters. The zero-order valence-electron chi connectivity index (χ0n) is 13.3. The van der Waals surface area contributed by atoms with Gasteiger partial charge in [-0.3, -0.25) is 9.59 Å². The van der Waals surface area contributed by atoms with E-state index in [-0.39, 0.29) is 24.2 Å². The fourth-order valence-electron chi connectivity index (χ4n) is 3.34. The first-order chi connectivity index (χ1) is 11.7. The monoisotopic (exact) mass is 325 g/mol. The lowest BCUT2D eigenvalue weighted by Gasteiger charge is -2.30. The molecule has 0 radical (unpaired) electrons. The lowest BCUT2D eigenvalue weighted by molar-refractivity contribution is -0.141. The van der Waals surface area contributed by atoms with Gasteiger partial charge in [0.1, 0.15) is 11.5 Å². The van der Waals surface area contributed by atoms with Crippen molar-refractivity contribution in [1.29, 1.82) is 0 Å². The Morgan fingerprint density at radius 1 is 1.29 bits per heavy atom. The molecule has 1 saturated heterocycles. The summed E-state index contributed by atoms with van der Waals surface area (Å²) in [5.74, 6) is 1.27. The van der Waals surface area contributed by atoms with Gasteiger partial charge in [-0.2, -0.15) is 0 Å². The minimum Gasteiger partial charge on any atom is -0.441 e. The molecule has 2 aliphatic rings. The molecule has 1 N–H and O–H groups in total. The maximum atomic E-state index is 12.7. The van der Waals surface area contributed by atoms with Crippen molar-refractivity contribution in [1.82, 2.24) is 15.2 Å². The van der Waals surface area contributed by atoms with Gasteiger partial charge < -0.3 is 14.6 Å². The van der Waals surface area contributed by atoms with Crippen LogP contribution in [0.25, 0.3) is 11.5 Å². The molecule has 1 unspecified atom stereocenters. The Bertz CT molecular complexity index is 769. The Labute approximate surface area is 139 Å². The SMILES string of the molecule is O=C1CC(C(=O)N2CCc3oc(-c4ccccc4)nc3C2)CCN1. The van der Waals surface area contributed by atoms with Gasteiger partial charge in [0.05, 0.1) is 6.54 Å². The van der Waals surface area contributed by atoms with Crippen molar-refractivity contribution in [3.8, 4) is 11.5 Å². The second kappa shape index (κ2) is 6.11. The number of rotatable bonds is 2. The molecule has 4 rings (SSSR count). The first-order valence-corrected chi connectivity index (χ1v) is 8.30. The quantitative estimate of drug-likeness (QED) is 0.913. The maximum Gasteiger partial charge on any atom is 0.226 e. The van der Waals surface area contributed by atoms with Crippen molar-refractivity contribution >= 4 is 11.8 Å². The summed E-state index contributed by atoms with van der Waals surface area (Å²) in [7, 11) is 0. The normalized spacial score (nSPS) is 20.4. The van der Waals surface area contributed by atoms with E-state index in [4.69, 9.17) is 4.42 Å². The highest BCUT2D eigenvalue weighted by atomic mass is 16.4. The second-order valence-electron chi connectivity index (χ2n) is 6.30. The number of hydrogen-bond acceptors (Lipinski definition) is 4. The number of aromatic nitrogens is 1. The lowest BCUT2D eigenvalue weighted by atomic mass is 9.95. The molecule has 2 amide bonds. The van der Waals surface area contributed by atoms with Gasteiger partial charge >= 0.3 is 0 Å². The van der Waals surface area contributed by atoms with E-state index in [2.05, 4.69) is 10.3 Å². The Kier molecular flexibility index (Phi) is 3.80. The minimum atomic E-state index is -0.208. The predicted molar refractivity (Wildman–Crippen MR) is 86.8 cm³/mol. The van der Waals surface area contributed by atoms with E-state index in [1.807, 2.05) is 35.2 Å². The van der Waals surface area contributed by atoms with E-state index in [1.54, 1.807) is 0 Å². The number of nitrogens with one attached hydrogen (secondary N) is 1. The van der Waals surface area contributed by atoms with E-state index < -0.39 is 0 Å². The molecule has 0 saturated carbocycles. The Morgan fingerprint density at radius 2 is 2.12 bits per heavy atom. The zero-order chi connectivity index (χ0) is 16.5. The van der Waals surface area contributed by atoms with Gasteiger partial charge in [-0.25, -0.2) is 4.98 Å². The number of oxazole rings is 1. The molecule has 24 heavy (non-hydrogen) atoms. The molecule has 1 fully saturated rings. The maximum absolute atomic E-state index is 12.7. The lowest BCUT2D eigenvalue weighted by Crippen LogP contribution is -2.44. The highest BCUT2D eigenvalue weighted by molar-refractivity contribution is 5.87. The van der Waals surface area contributed by atoms with Crippen LogP contribution in [0.15, 0.2) is 34.7 Å². The number of hydrogen-bond donors (Lipinski definition) is 1. The van der Waals surface area contributed by atoms with Crippen molar-refractivity contribution in [2.45, 2.75) is 25.8 Å². The molecule has 3 heterocycles. The van der Waals surface area contributed by atoms with Crippen molar-refractivity contribution in [3.63, 3.8) is 0 Å². The van der Waals surface area contributed by atoms with E-state index in [1.165, 1.54) is 0 Å². The van der Waals surface area contributed by atoms with Gasteiger partial charge in [0.15, 0.2) is 0 Å². The van der Waals surface area contributed by atoms with Crippen LogP contribution in [0.5, 0.6) is 0 Å². The Morgan fingerprint density at radius 3 is 2.92 bits per heavy atom. The number of carbonyl (C=O) groups excluding carboxylic acids is 2. The summed E-state index contributed by atoms with van der Waals surface area (Å²) in [5.41, 5.74) is 1.77. The number of fused-ring (bicyclic) bond motifs is 1. The van der Waals surface area contributed by atoms with E-state index in [0.717, 1.165) is 17.0 Å². The summed E-state index contributed by atoms with van der Waals surface area (Å²) in [6, 6.07) is 9.76. The molecule has 0 aliphatic carbocycles. The van der Waals surface area contributed by atoms with Crippen molar-refractivity contribution < 1.29 is 14.0 Å². The molecule has 0 bridgehead atoms. The van der Waals surface area contributed by atoms with Crippen LogP contribution in [-0.2, 0) is 22.6 Å². The molecular formula is C18H19N3O3. The predicted octanol–water partition coefficient (Wildman–Crippen LogP) is 1.75. The molecule has 1 aromatic heterocycles. The fourth-order valence-corrected chi connectivity index (χ4v) is 3.34. The second-order valence-corrected chi connectivity index (χ2v) is 6.30. The molecule has 1 aromatic carbocycles. The van der Waals surface area contributed by atoms with Gasteiger partial charge in [-0.1, -0.05) is 18.2 Å². The summed E-state index contributed by atoms with van der Waals surface area (Å²) in [5, 5.41) is 2.77. The van der Waals surface area contributed by atoms with Crippen LogP contribution in [0.3, 0.4) is 0 Å². The van der Waals surface area contributed by atoms with Gasteiger partial charge in [0.25, 0.3) is 0 Å². The number of nitrogens with zero attached hydrogens (tertiary/aromatic N) is 2. The van der Waals surface area contributed by atoms with Crippen molar-refractivity contribution in [3.05, 3.63) is 41.8 Å². The van der Waals surface area contributed by atoms with Crippen LogP contribution >= 0.6 is 0 Å². The standard InChI is InChI=1S/C18H19N3O3/c22-16-10-13(6-8-19-16)18(23)21-9-7-15-14(11-21)20-17(24-15)12-4-2-1-3-5-12/h1-5,13H,6-11H2,(H,19,22). The molecule has 2 aromatic rings. The highest BCUT2D eigenvalue weighted by Crippen LogP contribution is 2.27. The summed E-state index contributed by atoms with van der Waals surface area (Å²) < 4.78 is 5.87. The number of piperidine rings is 1. The van der Waals surface area contributed by atoms with E-state index in [9.17, 15) is 9.59 Å². The molecule has 6 nitrogen and oxygen atoms in total. The van der Waals surface area contributed by atoms with Crippen LogP contribution < -0.4 is 5.32 Å². The number of carbonyl (C=O) groups is 2. The van der Waals surface area contributed by atoms with Crippen LogP contribution in [0.2, 0.25) is 0 Å². The van der Waals surface area contributed by atoms with E-state index >= 15 is 0 Å². The van der Waals surface area contributed by atoms with Gasteiger partial charge in [-0.15, -0.1) is 0 Å². The fraction of sp³-hybridized carbons (Fsp3) is 0.389. The molecular weight excluding hydrogens is 306 g/mol. The van der Waals surface area contributed by atoms with Gasteiger partial charge in [0.2, 0.25) is 17.7 Å². The third kappa shape index (κ3) is 2.79. The first kappa shape index (κ1) is 14.9. The van der Waals surface area contributed by atoms with Crippen LogP contribution in [0, 0.1) is 5.92 Å². The third-order valence-corrected chi connectivity index (χ3v) is 4.66. The Hall–Kier alpha value is -2.63. The number of amides is 2. The van der Waals surface area contributed by atoms with E-state index in [0.29, 0.717) is 38.4 Å². The number of benzene rings is 1. The first-order valence-electron chi connectivity index (χ1n) is 8.30. The van der Waals surface area contributed by atoms with Crippen LogP contribution in [0.1, 0.15) is 24.3 Å². The van der Waals surface area contributed by atoms with Gasteiger partial charge in [0, 0.05) is 37.4 Å². The smallest absolute Gasteiger partial charge is 0.226 e. The average Bonchev–Trinajstić information content (AvgIpc) is 3.05. The molecule has 124 valence electrons. The topological polar surface area (TPSA) is 75.4 Å². The summed E-state index contributed by atoms with van der Waals surface area (Å²) >= 11 is 0. The zero-order valence-corrected chi connectivity index (χ0v) is 13.3. The summed E-state index contributed by atoms with van der Waals surface area (Å²) in [4.78, 5) is 30.6. The third-order valence-electron chi connectivity index (χ3n) is 4.66. The van der Waals surface area contributed by atoms with Gasteiger partial charge in [-0.05, 0) is 18.6 Å². The molecule has 2 aliphatic heterocycles. The average molecular weight is 325 g/mol. The highest BCUT2D eigenvalue weighted by Gasteiger charge is 2.32. The largest absolute Gasteiger partial charge is 0.441 e. The minimum absolute atomic E-state index is 0.0369. The van der Waals surface area contributed by atoms with Crippen molar-refractivity contribution in [2.24, 2.45) is 5.92 Å². The summed E-state index contributed by atoms with van der Waals surface area (Å²) in [6.45, 7) is 1.66. The van der Waals surface area contributed by atoms with Crippen LogP contribution in [-0.4, -0.2) is 34.8 Å². The summed E-state index contributed by atoms with van der Waals surface area (Å²) in [6.07, 6.45) is 1.66. The molecule has 0 spiro atoms. The molecule has 6 heteroatoms.